The highest BCUT2D eigenvalue weighted by Gasteiger charge is 2.34. The van der Waals surface area contributed by atoms with Crippen molar-refractivity contribution in [3.63, 3.8) is 0 Å². The fourth-order valence-corrected chi connectivity index (χ4v) is 8.66. The Morgan fingerprint density at radius 3 is 0.955 bits per heavy atom. The van der Waals surface area contributed by atoms with E-state index in [1.165, 1.54) is 39.5 Å². The molecule has 4 aromatic heterocycles. The summed E-state index contributed by atoms with van der Waals surface area (Å²) in [6, 6.07) is 26.3. The van der Waals surface area contributed by atoms with Crippen LogP contribution in [0.5, 0.6) is 0 Å². The van der Waals surface area contributed by atoms with Crippen LogP contribution >= 0.6 is 0 Å². The topological polar surface area (TPSA) is 356 Å². The number of ether oxygens (including phenoxy) is 4. The third-order valence-corrected chi connectivity index (χ3v) is 12.9. The van der Waals surface area contributed by atoms with Crippen LogP contribution in [0, 0.1) is 5.41 Å². The molecule has 0 bridgehead atoms. The van der Waals surface area contributed by atoms with Crippen molar-refractivity contribution in [2.24, 2.45) is 5.41 Å². The lowest BCUT2D eigenvalue weighted by Gasteiger charge is -2.32. The smallest absolute Gasteiger partial charge is 0.246 e. The van der Waals surface area contributed by atoms with E-state index in [2.05, 4.69) is 67.8 Å². The van der Waals surface area contributed by atoms with E-state index in [9.17, 15) is 38.4 Å². The van der Waals surface area contributed by atoms with Crippen molar-refractivity contribution in [3.8, 4) is 0 Å². The highest BCUT2D eigenvalue weighted by atomic mass is 16.5. The van der Waals surface area contributed by atoms with Crippen LogP contribution in [0.25, 0.3) is 0 Å². The summed E-state index contributed by atoms with van der Waals surface area (Å²) in [4.78, 5) is 101. The molecule has 0 atom stereocenters. The minimum atomic E-state index is -1.16. The van der Waals surface area contributed by atoms with Crippen LogP contribution in [0.4, 0.5) is 22.7 Å². The van der Waals surface area contributed by atoms with Gasteiger partial charge in [0.1, 0.15) is 49.0 Å². The number of hydrogen-bond donors (Lipinski definition) is 5. The number of anilines is 4. The lowest BCUT2D eigenvalue weighted by Crippen LogP contribution is -2.41. The molecule has 0 aliphatic carbocycles. The molecule has 88 heavy (non-hydrogen) atoms. The molecule has 0 radical (unpaired) electrons. The molecule has 8 aromatic rings. The van der Waals surface area contributed by atoms with Gasteiger partial charge in [0, 0.05) is 58.0 Å². The summed E-state index contributed by atoms with van der Waals surface area (Å²) in [6.07, 6.45) is 6.49. The fourth-order valence-electron chi connectivity index (χ4n) is 8.66. The molecule has 4 amide bonds. The first kappa shape index (κ1) is 63.8. The molecule has 29 heteroatoms. The van der Waals surface area contributed by atoms with Gasteiger partial charge < -0.3 is 45.5 Å². The second-order valence-electron chi connectivity index (χ2n) is 20.6. The molecule has 4 aromatic carbocycles. The summed E-state index contributed by atoms with van der Waals surface area (Å²) < 4.78 is 30.7. The highest BCUT2D eigenvalue weighted by molar-refractivity contribution is 6.00. The van der Waals surface area contributed by atoms with E-state index in [-0.39, 0.29) is 102 Å². The summed E-state index contributed by atoms with van der Waals surface area (Å²) in [6.45, 7) is 3.22. The number of carbonyl (C=O) groups excluding carboxylic acids is 8. The molecular weight excluding hydrogens is 1140 g/mol. The van der Waals surface area contributed by atoms with Gasteiger partial charge >= 0.3 is 0 Å². The molecule has 0 saturated carbocycles. The number of hydrogen-bond acceptors (Lipinski definition) is 21. The number of aromatic nitrogens is 12. The summed E-state index contributed by atoms with van der Waals surface area (Å²) in [7, 11) is 1.76. The van der Waals surface area contributed by atoms with Crippen LogP contribution in [0.2, 0.25) is 0 Å². The second-order valence-corrected chi connectivity index (χ2v) is 20.6. The van der Waals surface area contributed by atoms with E-state index in [1.807, 2.05) is 0 Å². The molecule has 458 valence electrons. The SMILES string of the molecule is CNCCC(=O)c1cccc(NC(=O)Cn2cc(COCC(COCc3cn(CC(=O)Nc4cccc(C(C)=O)c4)nn3)(COCc3cn(CC(=O)Nc4cccc(C(C)=O)c4)nn3)COCc3cn(CC(=O)Nc4cccc(C(C)=O)c4)nn3)nn2)c1. The van der Waals surface area contributed by atoms with E-state index in [0.29, 0.717) is 80.7 Å². The van der Waals surface area contributed by atoms with Gasteiger partial charge in [-0.2, -0.15) is 0 Å². The number of Topliss-reactive ketones (excluding diaryl/α,β-unsaturated/α-hetero) is 4. The molecular formula is C59H65N17O12. The predicted molar refractivity (Wildman–Crippen MR) is 314 cm³/mol. The predicted octanol–water partition coefficient (Wildman–Crippen LogP) is 4.16. The number of rotatable bonds is 35. The van der Waals surface area contributed by atoms with E-state index in [1.54, 1.807) is 129 Å². The van der Waals surface area contributed by atoms with Gasteiger partial charge in [0.05, 0.1) is 83.1 Å². The lowest BCUT2D eigenvalue weighted by molar-refractivity contribution is -0.118. The molecule has 0 unspecified atom stereocenters. The van der Waals surface area contributed by atoms with Crippen molar-refractivity contribution >= 4 is 69.5 Å². The Hall–Kier alpha value is -10.2. The first-order valence-corrected chi connectivity index (χ1v) is 27.6. The maximum Gasteiger partial charge on any atom is 0.246 e. The highest BCUT2D eigenvalue weighted by Crippen LogP contribution is 2.24. The van der Waals surface area contributed by atoms with Crippen molar-refractivity contribution in [1.29, 1.82) is 0 Å². The third kappa shape index (κ3) is 20.0. The van der Waals surface area contributed by atoms with Gasteiger partial charge in [0.25, 0.3) is 0 Å². The number of nitrogens with one attached hydrogen (secondary N) is 5. The molecule has 0 saturated heterocycles. The minimum absolute atomic E-state index is 0.0717. The Bertz CT molecular complexity index is 3480. The molecule has 0 aliphatic heterocycles. The third-order valence-electron chi connectivity index (χ3n) is 12.9. The minimum Gasteiger partial charge on any atom is -0.374 e. The quantitative estimate of drug-likeness (QED) is 0.0348. The van der Waals surface area contributed by atoms with Crippen LogP contribution < -0.4 is 26.6 Å². The first-order valence-electron chi connectivity index (χ1n) is 27.6. The Kier molecular flexibility index (Phi) is 22.7. The normalized spacial score (nSPS) is 11.3. The van der Waals surface area contributed by atoms with Gasteiger partial charge in [-0.1, -0.05) is 69.4 Å². The maximum atomic E-state index is 13.2. The molecule has 8 rings (SSSR count). The first-order chi connectivity index (χ1) is 42.4. The number of amides is 4. The van der Waals surface area contributed by atoms with Crippen LogP contribution in [0.15, 0.2) is 122 Å². The number of ketones is 4. The van der Waals surface area contributed by atoms with Gasteiger partial charge in [0.15, 0.2) is 23.1 Å². The molecule has 0 fully saturated rings. The van der Waals surface area contributed by atoms with Crippen LogP contribution in [0.3, 0.4) is 0 Å². The lowest BCUT2D eigenvalue weighted by atomic mass is 9.92. The molecule has 0 aliphatic rings. The maximum absolute atomic E-state index is 13.2. The zero-order valence-corrected chi connectivity index (χ0v) is 48.7. The molecule has 4 heterocycles. The number of benzene rings is 4. The zero-order chi connectivity index (χ0) is 62.4. The molecule has 5 N–H and O–H groups in total. The van der Waals surface area contributed by atoms with Gasteiger partial charge in [-0.3, -0.25) is 38.4 Å². The van der Waals surface area contributed by atoms with Crippen molar-refractivity contribution in [2.75, 3.05) is 61.3 Å². The summed E-state index contributed by atoms with van der Waals surface area (Å²) in [5.41, 5.74) is 3.87. The van der Waals surface area contributed by atoms with E-state index in [0.717, 1.165) is 0 Å². The van der Waals surface area contributed by atoms with E-state index >= 15 is 0 Å². The number of nitrogens with zero attached hydrogens (tertiary/aromatic N) is 12. The van der Waals surface area contributed by atoms with E-state index in [4.69, 9.17) is 18.9 Å². The van der Waals surface area contributed by atoms with Crippen molar-refractivity contribution < 1.29 is 57.3 Å². The largest absolute Gasteiger partial charge is 0.374 e. The molecule has 0 spiro atoms. The van der Waals surface area contributed by atoms with Crippen molar-refractivity contribution in [1.82, 2.24) is 65.3 Å². The Balaban J connectivity index is 0.960. The van der Waals surface area contributed by atoms with Crippen LogP contribution in [-0.2, 0) is 90.7 Å². The molecule has 29 nitrogen and oxygen atoms in total. The Morgan fingerprint density at radius 1 is 0.409 bits per heavy atom. The van der Waals surface area contributed by atoms with Gasteiger partial charge in [-0.25, -0.2) is 18.7 Å². The average Bonchev–Trinajstić information content (AvgIpc) is 4.46. The van der Waals surface area contributed by atoms with Crippen LogP contribution in [-0.4, -0.2) is 147 Å². The Labute approximate surface area is 503 Å². The standard InChI is InChI=1S/C59H65N17O12/c1-39(77)42-9-5-13-46(19-42)61-55(81)27-73-23-50(65-69-73)31-85-35-59(36-86-32-51-24-74(70-66-51)28-56(82)62-47-14-6-10-43(20-47)40(2)78,37-87-33-52-25-75(71-67-52)29-57(83)63-48-15-7-11-44(21-48)41(3)79)38-88-34-53-26-76(72-68-53)30-58(84)64-49-16-8-12-45(22-49)54(80)17-18-60-4/h5-16,19-26,60H,17-18,27-38H2,1-4H3,(H,61,81)(H,62,82)(H,63,83)(H,64,84). The van der Waals surface area contributed by atoms with Crippen molar-refractivity contribution in [3.05, 3.63) is 167 Å². The van der Waals surface area contributed by atoms with Gasteiger partial charge in [-0.15, -0.1) is 20.4 Å². The van der Waals surface area contributed by atoms with Gasteiger partial charge in [0.2, 0.25) is 23.6 Å². The summed E-state index contributed by atoms with van der Waals surface area (Å²) >= 11 is 0. The number of carbonyl (C=O) groups is 8. The Morgan fingerprint density at radius 2 is 0.682 bits per heavy atom. The van der Waals surface area contributed by atoms with Crippen molar-refractivity contribution in [2.45, 2.75) is 79.8 Å². The van der Waals surface area contributed by atoms with Gasteiger partial charge in [-0.05, 0) is 76.3 Å². The fraction of sp³-hybridized carbons (Fsp3) is 0.322. The van der Waals surface area contributed by atoms with E-state index < -0.39 is 29.0 Å². The zero-order valence-electron chi connectivity index (χ0n) is 48.7. The monoisotopic (exact) mass is 1200 g/mol. The average molecular weight is 1200 g/mol. The summed E-state index contributed by atoms with van der Waals surface area (Å²) in [5.74, 6) is -2.18. The summed E-state index contributed by atoms with van der Waals surface area (Å²) in [5, 5.41) is 47.3. The van der Waals surface area contributed by atoms with Crippen LogP contribution in [0.1, 0.15) is 91.4 Å². The second kappa shape index (κ2) is 31.3.